The van der Waals surface area contributed by atoms with Crippen LogP contribution in [0.1, 0.15) is 43.2 Å². The van der Waals surface area contributed by atoms with E-state index in [9.17, 15) is 22.8 Å². The van der Waals surface area contributed by atoms with E-state index >= 15 is 0 Å². The molecule has 1 aromatic rings. The summed E-state index contributed by atoms with van der Waals surface area (Å²) in [6.45, 7) is -0.401. The summed E-state index contributed by atoms with van der Waals surface area (Å²) in [6.07, 6.45) is 2.95. The van der Waals surface area contributed by atoms with E-state index in [-0.39, 0.29) is 17.5 Å². The fourth-order valence-corrected chi connectivity index (χ4v) is 2.68. The van der Waals surface area contributed by atoms with Gasteiger partial charge in [0, 0.05) is 12.1 Å². The lowest BCUT2D eigenvalue weighted by molar-refractivity contribution is -0.144. The Kier molecular flexibility index (Phi) is 6.61. The zero-order chi connectivity index (χ0) is 18.3. The van der Waals surface area contributed by atoms with Crippen molar-refractivity contribution in [1.82, 2.24) is 5.32 Å². The van der Waals surface area contributed by atoms with Crippen molar-refractivity contribution in [2.45, 2.75) is 44.3 Å². The fourth-order valence-electron chi connectivity index (χ4n) is 2.68. The van der Waals surface area contributed by atoms with Crippen LogP contribution in [-0.2, 0) is 20.5 Å². The first-order valence-corrected chi connectivity index (χ1v) is 8.16. The third-order valence-electron chi connectivity index (χ3n) is 3.94. The van der Waals surface area contributed by atoms with Gasteiger partial charge in [-0.1, -0.05) is 31.4 Å². The van der Waals surface area contributed by atoms with Crippen LogP contribution in [0.2, 0.25) is 0 Å². The zero-order valence-corrected chi connectivity index (χ0v) is 13.6. The Morgan fingerprint density at radius 1 is 1.20 bits per heavy atom. The molecule has 7 heteroatoms. The normalized spacial score (nSPS) is 16.0. The second-order valence-corrected chi connectivity index (χ2v) is 5.97. The summed E-state index contributed by atoms with van der Waals surface area (Å²) in [6, 6.07) is 4.70. The topological polar surface area (TPSA) is 55.4 Å². The number of rotatable bonds is 5. The van der Waals surface area contributed by atoms with Gasteiger partial charge in [-0.3, -0.25) is 4.79 Å². The first-order valence-electron chi connectivity index (χ1n) is 8.16. The van der Waals surface area contributed by atoms with Crippen LogP contribution in [0.4, 0.5) is 13.2 Å². The molecule has 0 unspecified atom stereocenters. The maximum Gasteiger partial charge on any atom is 0.416 e. The van der Waals surface area contributed by atoms with Gasteiger partial charge in [-0.2, -0.15) is 13.2 Å². The number of ether oxygens (including phenoxy) is 1. The van der Waals surface area contributed by atoms with Gasteiger partial charge in [-0.25, -0.2) is 4.79 Å². The number of halogens is 3. The van der Waals surface area contributed by atoms with Crippen molar-refractivity contribution < 1.29 is 27.5 Å². The lowest BCUT2D eigenvalue weighted by Gasteiger charge is -2.22. The molecule has 0 heterocycles. The van der Waals surface area contributed by atoms with Crippen molar-refractivity contribution in [3.63, 3.8) is 0 Å². The van der Waals surface area contributed by atoms with E-state index in [4.69, 9.17) is 4.74 Å². The molecule has 0 spiro atoms. The molecule has 0 atom stereocenters. The third kappa shape index (κ3) is 6.60. The number of nitrogens with one attached hydrogen (secondary N) is 1. The predicted molar refractivity (Wildman–Crippen MR) is 86.5 cm³/mol. The van der Waals surface area contributed by atoms with E-state index < -0.39 is 24.3 Å². The molecule has 1 fully saturated rings. The van der Waals surface area contributed by atoms with Gasteiger partial charge < -0.3 is 10.1 Å². The van der Waals surface area contributed by atoms with Crippen LogP contribution < -0.4 is 5.32 Å². The van der Waals surface area contributed by atoms with Crippen molar-refractivity contribution >= 4 is 18.0 Å². The highest BCUT2D eigenvalue weighted by molar-refractivity contribution is 5.89. The Morgan fingerprint density at radius 3 is 2.60 bits per heavy atom. The van der Waals surface area contributed by atoms with Crippen molar-refractivity contribution in [2.24, 2.45) is 0 Å². The van der Waals surface area contributed by atoms with Gasteiger partial charge in [0.2, 0.25) is 0 Å². The largest absolute Gasteiger partial charge is 0.452 e. The summed E-state index contributed by atoms with van der Waals surface area (Å²) >= 11 is 0. The second-order valence-electron chi connectivity index (χ2n) is 5.97. The molecule has 1 N–H and O–H groups in total. The van der Waals surface area contributed by atoms with E-state index in [0.717, 1.165) is 43.9 Å². The Hall–Kier alpha value is -2.31. The van der Waals surface area contributed by atoms with E-state index in [0.29, 0.717) is 0 Å². The van der Waals surface area contributed by atoms with Crippen LogP contribution in [0.25, 0.3) is 6.08 Å². The van der Waals surface area contributed by atoms with Gasteiger partial charge in [-0.05, 0) is 36.6 Å². The summed E-state index contributed by atoms with van der Waals surface area (Å²) in [7, 11) is 0. The average Bonchev–Trinajstić information content (AvgIpc) is 2.58. The van der Waals surface area contributed by atoms with Crippen LogP contribution in [0.5, 0.6) is 0 Å². The van der Waals surface area contributed by atoms with E-state index in [2.05, 4.69) is 5.32 Å². The molecule has 1 amide bonds. The summed E-state index contributed by atoms with van der Waals surface area (Å²) in [5, 5.41) is 2.81. The molecule has 0 saturated heterocycles. The summed E-state index contributed by atoms with van der Waals surface area (Å²) < 4.78 is 42.6. The minimum Gasteiger partial charge on any atom is -0.452 e. The molecule has 1 aromatic carbocycles. The highest BCUT2D eigenvalue weighted by atomic mass is 19.4. The molecular formula is C18H20F3NO3. The van der Waals surface area contributed by atoms with E-state index in [1.54, 1.807) is 0 Å². The second kappa shape index (κ2) is 8.69. The molecule has 0 aliphatic heterocycles. The lowest BCUT2D eigenvalue weighted by atomic mass is 9.95. The minimum absolute atomic E-state index is 0.126. The average molecular weight is 355 g/mol. The maximum absolute atomic E-state index is 12.6. The van der Waals surface area contributed by atoms with Gasteiger partial charge in [-0.15, -0.1) is 0 Å². The standard InChI is InChI=1S/C18H20F3NO3/c19-18(20,21)14-6-4-5-13(11-14)9-10-17(24)25-12-16(23)22-15-7-2-1-3-8-15/h4-6,9-11,15H,1-3,7-8,12H2,(H,22,23). The smallest absolute Gasteiger partial charge is 0.416 e. The number of hydrogen-bond donors (Lipinski definition) is 1. The monoisotopic (exact) mass is 355 g/mol. The van der Waals surface area contributed by atoms with Gasteiger partial charge in [0.1, 0.15) is 0 Å². The van der Waals surface area contributed by atoms with Crippen LogP contribution in [0.15, 0.2) is 30.3 Å². The van der Waals surface area contributed by atoms with Crippen molar-refractivity contribution in [3.8, 4) is 0 Å². The predicted octanol–water partition coefficient (Wildman–Crippen LogP) is 3.71. The van der Waals surface area contributed by atoms with Gasteiger partial charge >= 0.3 is 12.1 Å². The van der Waals surface area contributed by atoms with Gasteiger partial charge in [0.15, 0.2) is 6.61 Å². The molecule has 0 radical (unpaired) electrons. The molecular weight excluding hydrogens is 335 g/mol. The van der Waals surface area contributed by atoms with Crippen LogP contribution in [0, 0.1) is 0 Å². The molecule has 4 nitrogen and oxygen atoms in total. The van der Waals surface area contributed by atoms with Crippen molar-refractivity contribution in [3.05, 3.63) is 41.5 Å². The van der Waals surface area contributed by atoms with E-state index in [1.807, 2.05) is 0 Å². The number of carbonyl (C=O) groups is 2. The molecule has 1 saturated carbocycles. The first-order chi connectivity index (χ1) is 11.8. The summed E-state index contributed by atoms with van der Waals surface area (Å²) in [5.74, 6) is -1.15. The highest BCUT2D eigenvalue weighted by Crippen LogP contribution is 2.29. The van der Waals surface area contributed by atoms with Crippen LogP contribution in [0.3, 0.4) is 0 Å². The van der Waals surface area contributed by atoms with Gasteiger partial charge in [0.05, 0.1) is 5.56 Å². The fraction of sp³-hybridized carbons (Fsp3) is 0.444. The Morgan fingerprint density at radius 2 is 1.92 bits per heavy atom. The number of hydrogen-bond acceptors (Lipinski definition) is 3. The van der Waals surface area contributed by atoms with Crippen molar-refractivity contribution in [2.75, 3.05) is 6.61 Å². The number of carbonyl (C=O) groups excluding carboxylic acids is 2. The molecule has 136 valence electrons. The SMILES string of the molecule is O=C(COC(=O)C=Cc1cccc(C(F)(F)F)c1)NC1CCCCC1. The molecule has 0 bridgehead atoms. The summed E-state index contributed by atoms with van der Waals surface area (Å²) in [5.41, 5.74) is -0.576. The van der Waals surface area contributed by atoms with Gasteiger partial charge in [0.25, 0.3) is 5.91 Å². The number of benzene rings is 1. The Bertz CT molecular complexity index is 635. The van der Waals surface area contributed by atoms with Crippen LogP contribution >= 0.6 is 0 Å². The first kappa shape index (κ1) is 19.0. The molecule has 25 heavy (non-hydrogen) atoms. The maximum atomic E-state index is 12.6. The number of alkyl halides is 3. The quantitative estimate of drug-likeness (QED) is 0.647. The van der Waals surface area contributed by atoms with Crippen LogP contribution in [-0.4, -0.2) is 24.5 Å². The minimum atomic E-state index is -4.44. The summed E-state index contributed by atoms with van der Waals surface area (Å²) in [4.78, 5) is 23.3. The molecule has 1 aliphatic rings. The zero-order valence-electron chi connectivity index (χ0n) is 13.6. The molecule has 2 rings (SSSR count). The molecule has 1 aliphatic carbocycles. The Labute approximate surface area is 144 Å². The third-order valence-corrected chi connectivity index (χ3v) is 3.94. The number of esters is 1. The number of amides is 1. The van der Waals surface area contributed by atoms with Crippen molar-refractivity contribution in [1.29, 1.82) is 0 Å². The lowest BCUT2D eigenvalue weighted by Crippen LogP contribution is -2.38. The molecule has 0 aromatic heterocycles. The Balaban J connectivity index is 1.79. The van der Waals surface area contributed by atoms with E-state index in [1.165, 1.54) is 24.6 Å². The highest BCUT2D eigenvalue weighted by Gasteiger charge is 2.30.